The lowest BCUT2D eigenvalue weighted by atomic mass is 10.0. The minimum Gasteiger partial charge on any atom is -0.477 e. The lowest BCUT2D eigenvalue weighted by molar-refractivity contribution is 0.288. The molecule has 0 atom stereocenters. The van der Waals surface area contributed by atoms with Crippen LogP contribution in [0.3, 0.4) is 0 Å². The molecule has 1 aliphatic rings. The number of aromatic nitrogens is 6. The highest BCUT2D eigenvalue weighted by atomic mass is 16.5. The molecule has 0 radical (unpaired) electrons. The highest BCUT2D eigenvalue weighted by Crippen LogP contribution is 2.31. The fourth-order valence-corrected chi connectivity index (χ4v) is 4.33. The SMILES string of the molecule is Cc1nn(C)cc1-n1c(=O)n(C)c2cnc3ccc(-c4ccc(OCC5CC5)nc4)cc3c21. The smallest absolute Gasteiger partial charge is 0.333 e. The number of hydrogen-bond acceptors (Lipinski definition) is 5. The van der Waals surface area contributed by atoms with Crippen molar-refractivity contribution in [1.29, 1.82) is 0 Å². The molecule has 6 rings (SSSR count). The molecule has 0 bridgehead atoms. The molecular formula is C25H24N6O2. The number of ether oxygens (including phenoxy) is 1. The van der Waals surface area contributed by atoms with Gasteiger partial charge in [0.15, 0.2) is 0 Å². The van der Waals surface area contributed by atoms with Crippen molar-refractivity contribution in [3.05, 3.63) is 65.1 Å². The second kappa shape index (κ2) is 7.30. The van der Waals surface area contributed by atoms with Crippen molar-refractivity contribution in [1.82, 2.24) is 28.9 Å². The van der Waals surface area contributed by atoms with Crippen LogP contribution in [0.25, 0.3) is 38.8 Å². The van der Waals surface area contributed by atoms with Crippen LogP contribution < -0.4 is 10.4 Å². The number of benzene rings is 1. The van der Waals surface area contributed by atoms with Crippen LogP contribution in [-0.4, -0.2) is 35.5 Å². The van der Waals surface area contributed by atoms with Crippen LogP contribution in [-0.2, 0) is 14.1 Å². The Bertz CT molecular complexity index is 1570. The van der Waals surface area contributed by atoms with E-state index in [0.29, 0.717) is 11.8 Å². The summed E-state index contributed by atoms with van der Waals surface area (Å²) in [5.41, 5.74) is 5.84. The maximum atomic E-state index is 13.2. The Morgan fingerprint density at radius 1 is 1.06 bits per heavy atom. The fraction of sp³-hybridized carbons (Fsp3) is 0.280. The molecule has 1 aliphatic carbocycles. The molecule has 8 nitrogen and oxygen atoms in total. The zero-order valence-corrected chi connectivity index (χ0v) is 18.8. The molecule has 0 aliphatic heterocycles. The van der Waals surface area contributed by atoms with Crippen molar-refractivity contribution in [2.24, 2.45) is 20.0 Å². The molecule has 0 spiro atoms. The fourth-order valence-electron chi connectivity index (χ4n) is 4.33. The zero-order chi connectivity index (χ0) is 22.7. The minimum atomic E-state index is -0.125. The third-order valence-electron chi connectivity index (χ3n) is 6.35. The Morgan fingerprint density at radius 2 is 1.88 bits per heavy atom. The van der Waals surface area contributed by atoms with Crippen LogP contribution in [0.5, 0.6) is 5.88 Å². The van der Waals surface area contributed by atoms with Crippen molar-refractivity contribution < 1.29 is 4.74 Å². The summed E-state index contributed by atoms with van der Waals surface area (Å²) in [4.78, 5) is 22.3. The van der Waals surface area contributed by atoms with E-state index in [1.165, 1.54) is 12.8 Å². The highest BCUT2D eigenvalue weighted by molar-refractivity contribution is 6.04. The first-order valence-corrected chi connectivity index (χ1v) is 11.1. The number of pyridine rings is 2. The van der Waals surface area contributed by atoms with Gasteiger partial charge in [0.2, 0.25) is 5.88 Å². The zero-order valence-electron chi connectivity index (χ0n) is 18.8. The first-order valence-electron chi connectivity index (χ1n) is 11.1. The van der Waals surface area contributed by atoms with E-state index in [9.17, 15) is 4.79 Å². The van der Waals surface area contributed by atoms with Crippen molar-refractivity contribution in [2.45, 2.75) is 19.8 Å². The summed E-state index contributed by atoms with van der Waals surface area (Å²) in [6.45, 7) is 2.65. The van der Waals surface area contributed by atoms with E-state index >= 15 is 0 Å². The quantitative estimate of drug-likeness (QED) is 0.416. The number of rotatable bonds is 5. The van der Waals surface area contributed by atoms with Crippen LogP contribution in [0.2, 0.25) is 0 Å². The highest BCUT2D eigenvalue weighted by Gasteiger charge is 2.22. The molecule has 5 aromatic rings. The van der Waals surface area contributed by atoms with Crippen LogP contribution >= 0.6 is 0 Å². The van der Waals surface area contributed by atoms with Gasteiger partial charge in [0, 0.05) is 43.5 Å². The number of imidazole rings is 1. The van der Waals surface area contributed by atoms with Crippen molar-refractivity contribution in [2.75, 3.05) is 6.61 Å². The maximum Gasteiger partial charge on any atom is 0.333 e. The molecule has 4 heterocycles. The Kier molecular flexibility index (Phi) is 4.36. The topological polar surface area (TPSA) is 79.8 Å². The predicted molar refractivity (Wildman–Crippen MR) is 127 cm³/mol. The molecule has 33 heavy (non-hydrogen) atoms. The Labute approximate surface area is 190 Å². The van der Waals surface area contributed by atoms with Gasteiger partial charge in [-0.25, -0.2) is 9.78 Å². The van der Waals surface area contributed by atoms with E-state index in [4.69, 9.17) is 4.74 Å². The van der Waals surface area contributed by atoms with Gasteiger partial charge in [0.1, 0.15) is 0 Å². The summed E-state index contributed by atoms with van der Waals surface area (Å²) < 4.78 is 10.9. The van der Waals surface area contributed by atoms with E-state index in [1.54, 1.807) is 27.1 Å². The summed E-state index contributed by atoms with van der Waals surface area (Å²) in [7, 11) is 3.63. The van der Waals surface area contributed by atoms with E-state index in [2.05, 4.69) is 21.1 Å². The van der Waals surface area contributed by atoms with Gasteiger partial charge in [0.05, 0.1) is 40.7 Å². The molecule has 1 aromatic carbocycles. The van der Waals surface area contributed by atoms with Crippen LogP contribution in [0.4, 0.5) is 0 Å². The predicted octanol–water partition coefficient (Wildman–Crippen LogP) is 3.77. The molecule has 0 unspecified atom stereocenters. The molecule has 0 N–H and O–H groups in total. The summed E-state index contributed by atoms with van der Waals surface area (Å²) in [6, 6.07) is 10.0. The summed E-state index contributed by atoms with van der Waals surface area (Å²) in [5.74, 6) is 1.34. The summed E-state index contributed by atoms with van der Waals surface area (Å²) in [6.07, 6.45) is 7.97. The second-order valence-corrected chi connectivity index (χ2v) is 8.81. The number of nitrogens with zero attached hydrogens (tertiary/aromatic N) is 6. The Balaban J connectivity index is 1.51. The average Bonchev–Trinajstić information content (AvgIpc) is 3.55. The lowest BCUT2D eigenvalue weighted by Gasteiger charge is -2.08. The van der Waals surface area contributed by atoms with Gasteiger partial charge in [-0.2, -0.15) is 5.10 Å². The minimum absolute atomic E-state index is 0.125. The molecule has 8 heteroatoms. The van der Waals surface area contributed by atoms with Gasteiger partial charge in [-0.1, -0.05) is 6.07 Å². The van der Waals surface area contributed by atoms with Gasteiger partial charge < -0.3 is 4.74 Å². The normalized spacial score (nSPS) is 13.8. The van der Waals surface area contributed by atoms with Gasteiger partial charge in [0.25, 0.3) is 0 Å². The lowest BCUT2D eigenvalue weighted by Crippen LogP contribution is -2.21. The Morgan fingerprint density at radius 3 is 2.58 bits per heavy atom. The number of aryl methyl sites for hydroxylation is 3. The van der Waals surface area contributed by atoms with E-state index in [-0.39, 0.29) is 5.69 Å². The first kappa shape index (κ1) is 19.7. The van der Waals surface area contributed by atoms with Crippen LogP contribution in [0, 0.1) is 12.8 Å². The third-order valence-corrected chi connectivity index (χ3v) is 6.35. The third kappa shape index (κ3) is 3.29. The van der Waals surface area contributed by atoms with Crippen molar-refractivity contribution in [3.63, 3.8) is 0 Å². The van der Waals surface area contributed by atoms with Crippen molar-refractivity contribution in [3.8, 4) is 22.7 Å². The number of fused-ring (bicyclic) bond motifs is 3. The van der Waals surface area contributed by atoms with E-state index < -0.39 is 0 Å². The monoisotopic (exact) mass is 440 g/mol. The van der Waals surface area contributed by atoms with Crippen LogP contribution in [0.1, 0.15) is 18.5 Å². The Hall–Kier alpha value is -3.94. The molecule has 4 aromatic heterocycles. The van der Waals surface area contributed by atoms with E-state index in [1.807, 2.05) is 50.6 Å². The van der Waals surface area contributed by atoms with Gasteiger partial charge >= 0.3 is 5.69 Å². The summed E-state index contributed by atoms with van der Waals surface area (Å²) in [5, 5.41) is 5.34. The summed E-state index contributed by atoms with van der Waals surface area (Å²) >= 11 is 0. The number of hydrogen-bond donors (Lipinski definition) is 0. The molecule has 0 saturated heterocycles. The van der Waals surface area contributed by atoms with Gasteiger partial charge in [-0.05, 0) is 49.4 Å². The molecular weight excluding hydrogens is 416 g/mol. The maximum absolute atomic E-state index is 13.2. The average molecular weight is 441 g/mol. The van der Waals surface area contributed by atoms with E-state index in [0.717, 1.165) is 51.1 Å². The van der Waals surface area contributed by atoms with Crippen molar-refractivity contribution >= 4 is 21.9 Å². The van der Waals surface area contributed by atoms with Gasteiger partial charge in [-0.15, -0.1) is 0 Å². The standard InChI is InChI=1S/C25H24N6O2/c1-15-22(13-29(2)28-15)31-24-19-10-17(6-8-20(19)26-12-21(24)30(3)25(31)32)18-7-9-23(27-11-18)33-14-16-4-5-16/h6-13,16H,4-5,14H2,1-3H3. The molecule has 166 valence electrons. The van der Waals surface area contributed by atoms with Crippen LogP contribution in [0.15, 0.2) is 53.7 Å². The molecule has 1 saturated carbocycles. The first-order chi connectivity index (χ1) is 16.0. The molecule has 1 fully saturated rings. The van der Waals surface area contributed by atoms with Gasteiger partial charge in [-0.3, -0.25) is 18.8 Å². The largest absolute Gasteiger partial charge is 0.477 e. The molecule has 0 amide bonds. The second-order valence-electron chi connectivity index (χ2n) is 8.81.